The van der Waals surface area contributed by atoms with Crippen LogP contribution in [0.3, 0.4) is 0 Å². The summed E-state index contributed by atoms with van der Waals surface area (Å²) in [6.45, 7) is 4.68. The molecule has 1 aromatic heterocycles. The van der Waals surface area contributed by atoms with Crippen molar-refractivity contribution < 1.29 is 14.8 Å². The highest BCUT2D eigenvalue weighted by Gasteiger charge is 2.27. The Labute approximate surface area is 135 Å². The molecule has 22 heavy (non-hydrogen) atoms. The van der Waals surface area contributed by atoms with E-state index in [1.54, 1.807) is 10.9 Å². The second-order valence-corrected chi connectivity index (χ2v) is 6.46. The summed E-state index contributed by atoms with van der Waals surface area (Å²) in [6.07, 6.45) is 4.62. The van der Waals surface area contributed by atoms with Crippen molar-refractivity contribution in [3.05, 3.63) is 22.8 Å². The third-order valence-electron chi connectivity index (χ3n) is 4.20. The maximum atomic E-state index is 9.82. The van der Waals surface area contributed by atoms with E-state index in [0.29, 0.717) is 10.5 Å². The fraction of sp³-hybridized carbons (Fsp3) is 0.533. The molecule has 1 saturated heterocycles. The van der Waals surface area contributed by atoms with Gasteiger partial charge in [0.05, 0.1) is 11.7 Å². The lowest BCUT2D eigenvalue weighted by Crippen LogP contribution is -2.34. The van der Waals surface area contributed by atoms with Gasteiger partial charge < -0.3 is 14.8 Å². The zero-order valence-electron chi connectivity index (χ0n) is 12.8. The van der Waals surface area contributed by atoms with Gasteiger partial charge >= 0.3 is 7.12 Å². The average Bonchev–Trinajstić information content (AvgIpc) is 2.89. The van der Waals surface area contributed by atoms with E-state index in [0.717, 1.165) is 42.3 Å². The minimum atomic E-state index is -1.58. The van der Waals surface area contributed by atoms with Gasteiger partial charge in [-0.1, -0.05) is 25.4 Å². The Balaban J connectivity index is 2.20. The molecule has 2 N–H and O–H groups in total. The van der Waals surface area contributed by atoms with Crippen LogP contribution in [0.5, 0.6) is 0 Å². The summed E-state index contributed by atoms with van der Waals surface area (Å²) >= 11 is 6.41. The maximum absolute atomic E-state index is 9.82. The lowest BCUT2D eigenvalue weighted by Gasteiger charge is -2.24. The van der Waals surface area contributed by atoms with E-state index in [1.165, 1.54) is 0 Å². The van der Waals surface area contributed by atoms with Crippen LogP contribution in [0.15, 0.2) is 12.3 Å². The summed E-state index contributed by atoms with van der Waals surface area (Å²) in [5, 5.41) is 25.3. The molecular weight excluding hydrogens is 302 g/mol. The molecule has 118 valence electrons. The Morgan fingerprint density at radius 2 is 2.18 bits per heavy atom. The molecule has 1 aliphatic rings. The lowest BCUT2D eigenvalue weighted by atomic mass is 9.72. The number of benzene rings is 1. The van der Waals surface area contributed by atoms with Crippen molar-refractivity contribution >= 4 is 35.1 Å². The van der Waals surface area contributed by atoms with E-state index in [4.69, 9.17) is 16.3 Å². The summed E-state index contributed by atoms with van der Waals surface area (Å²) in [5.41, 5.74) is 1.98. The molecule has 7 heteroatoms. The Morgan fingerprint density at radius 3 is 2.77 bits per heavy atom. The summed E-state index contributed by atoms with van der Waals surface area (Å²) in [4.78, 5) is 0. The van der Waals surface area contributed by atoms with Gasteiger partial charge in [-0.25, -0.2) is 4.68 Å². The summed E-state index contributed by atoms with van der Waals surface area (Å²) < 4.78 is 7.58. The van der Waals surface area contributed by atoms with Crippen LogP contribution in [0.2, 0.25) is 5.02 Å². The second kappa shape index (κ2) is 6.20. The van der Waals surface area contributed by atoms with Gasteiger partial charge in [0, 0.05) is 17.0 Å². The van der Waals surface area contributed by atoms with Gasteiger partial charge in [0.1, 0.15) is 0 Å². The maximum Gasteiger partial charge on any atom is 0.489 e. The predicted molar refractivity (Wildman–Crippen MR) is 87.5 cm³/mol. The molecule has 1 atom stereocenters. The van der Waals surface area contributed by atoms with Crippen LogP contribution in [0.4, 0.5) is 0 Å². The largest absolute Gasteiger partial charge is 0.489 e. The fourth-order valence-corrected chi connectivity index (χ4v) is 3.63. The molecule has 1 unspecified atom stereocenters. The smallest absolute Gasteiger partial charge is 0.423 e. The molecule has 0 saturated carbocycles. The Hall–Kier alpha value is -1.08. The predicted octanol–water partition coefficient (Wildman–Crippen LogP) is 2.19. The van der Waals surface area contributed by atoms with Crippen LogP contribution in [0, 0.1) is 0 Å². The standard InChI is InChI=1S/C15H20BClN2O3/c1-9(2)14-11(17)7-12-10(15(14)16(20)21)8-18-19(12)13-5-3-4-6-22-13/h7-9,13,20-21H,3-6H2,1-2H3. The van der Waals surface area contributed by atoms with Crippen molar-refractivity contribution in [1.29, 1.82) is 0 Å². The highest BCUT2D eigenvalue weighted by atomic mass is 35.5. The number of hydrogen-bond donors (Lipinski definition) is 2. The monoisotopic (exact) mass is 322 g/mol. The van der Waals surface area contributed by atoms with E-state index < -0.39 is 7.12 Å². The van der Waals surface area contributed by atoms with Gasteiger partial charge in [0.15, 0.2) is 6.23 Å². The second-order valence-electron chi connectivity index (χ2n) is 6.06. The van der Waals surface area contributed by atoms with Crippen molar-refractivity contribution in [1.82, 2.24) is 9.78 Å². The zero-order chi connectivity index (χ0) is 15.9. The quantitative estimate of drug-likeness (QED) is 0.850. The molecule has 1 aliphatic heterocycles. The van der Waals surface area contributed by atoms with Crippen LogP contribution in [0.1, 0.15) is 50.8 Å². The van der Waals surface area contributed by atoms with E-state index in [1.807, 2.05) is 19.9 Å². The van der Waals surface area contributed by atoms with E-state index in [2.05, 4.69) is 5.10 Å². The average molecular weight is 323 g/mol. The highest BCUT2D eigenvalue weighted by molar-refractivity contribution is 6.63. The molecule has 0 aliphatic carbocycles. The van der Waals surface area contributed by atoms with Crippen LogP contribution < -0.4 is 5.46 Å². The van der Waals surface area contributed by atoms with E-state index in [9.17, 15) is 10.0 Å². The Kier molecular flexibility index (Phi) is 4.45. The van der Waals surface area contributed by atoms with Gasteiger partial charge in [0.25, 0.3) is 0 Å². The number of hydrogen-bond acceptors (Lipinski definition) is 4. The molecule has 1 aromatic carbocycles. The number of halogens is 1. The SMILES string of the molecule is CC(C)c1c(Cl)cc2c(cnn2C2CCCCO2)c1B(O)O. The number of nitrogens with zero attached hydrogens (tertiary/aromatic N) is 2. The molecule has 0 radical (unpaired) electrons. The number of fused-ring (bicyclic) bond motifs is 1. The molecular formula is C15H20BClN2O3. The van der Waals surface area contributed by atoms with Gasteiger partial charge in [-0.15, -0.1) is 0 Å². The first-order valence-electron chi connectivity index (χ1n) is 7.68. The van der Waals surface area contributed by atoms with Crippen molar-refractivity contribution in [2.24, 2.45) is 0 Å². The fourth-order valence-electron chi connectivity index (χ4n) is 3.21. The Bertz CT molecular complexity index is 681. The van der Waals surface area contributed by atoms with Crippen molar-refractivity contribution in [3.8, 4) is 0 Å². The summed E-state index contributed by atoms with van der Waals surface area (Å²) in [7, 11) is -1.58. The molecule has 3 rings (SSSR count). The minimum Gasteiger partial charge on any atom is -0.423 e. The Morgan fingerprint density at radius 1 is 1.41 bits per heavy atom. The molecule has 2 aromatic rings. The molecule has 2 heterocycles. The summed E-state index contributed by atoms with van der Waals surface area (Å²) in [6, 6.07) is 1.85. The van der Waals surface area contributed by atoms with E-state index in [-0.39, 0.29) is 12.1 Å². The first kappa shape index (κ1) is 15.8. The topological polar surface area (TPSA) is 67.5 Å². The normalized spacial score (nSPS) is 19.1. The van der Waals surface area contributed by atoms with Crippen molar-refractivity contribution in [2.45, 2.75) is 45.3 Å². The minimum absolute atomic E-state index is 0.0861. The van der Waals surface area contributed by atoms with Crippen molar-refractivity contribution in [3.63, 3.8) is 0 Å². The number of rotatable bonds is 3. The third kappa shape index (κ3) is 2.65. The van der Waals surface area contributed by atoms with Gasteiger partial charge in [-0.3, -0.25) is 0 Å². The van der Waals surface area contributed by atoms with Crippen LogP contribution in [-0.4, -0.2) is 33.6 Å². The summed E-state index contributed by atoms with van der Waals surface area (Å²) in [5.74, 6) is 0.0861. The number of aromatic nitrogens is 2. The molecule has 0 amide bonds. The molecule has 5 nitrogen and oxygen atoms in total. The van der Waals surface area contributed by atoms with Crippen LogP contribution in [-0.2, 0) is 4.74 Å². The highest BCUT2D eigenvalue weighted by Crippen LogP contribution is 2.31. The van der Waals surface area contributed by atoms with Crippen molar-refractivity contribution in [2.75, 3.05) is 6.61 Å². The molecule has 1 fully saturated rings. The molecule has 0 spiro atoms. The van der Waals surface area contributed by atoms with Gasteiger partial charge in [0.2, 0.25) is 0 Å². The van der Waals surface area contributed by atoms with Crippen LogP contribution >= 0.6 is 11.6 Å². The van der Waals surface area contributed by atoms with E-state index >= 15 is 0 Å². The molecule has 0 bridgehead atoms. The zero-order valence-corrected chi connectivity index (χ0v) is 13.5. The lowest BCUT2D eigenvalue weighted by molar-refractivity contribution is -0.0366. The van der Waals surface area contributed by atoms with Gasteiger partial charge in [-0.05, 0) is 42.3 Å². The number of ether oxygens (including phenoxy) is 1. The first-order chi connectivity index (χ1) is 10.5. The third-order valence-corrected chi connectivity index (χ3v) is 4.51. The van der Waals surface area contributed by atoms with Crippen LogP contribution in [0.25, 0.3) is 10.9 Å². The first-order valence-corrected chi connectivity index (χ1v) is 8.05. The van der Waals surface area contributed by atoms with Gasteiger partial charge in [-0.2, -0.15) is 5.10 Å².